The van der Waals surface area contributed by atoms with E-state index in [1.165, 1.54) is 31.4 Å². The number of benzene rings is 3. The highest BCUT2D eigenvalue weighted by Gasteiger charge is 2.44. The van der Waals surface area contributed by atoms with Crippen molar-refractivity contribution in [1.82, 2.24) is 5.43 Å². The van der Waals surface area contributed by atoms with Crippen LogP contribution in [0.15, 0.2) is 72.8 Å². The molecule has 0 saturated heterocycles. The quantitative estimate of drug-likeness (QED) is 0.245. The van der Waals surface area contributed by atoms with E-state index in [1.54, 1.807) is 0 Å². The van der Waals surface area contributed by atoms with Gasteiger partial charge in [-0.25, -0.2) is 5.01 Å². The molecule has 3 aromatic carbocycles. The Balaban J connectivity index is 2.20. The van der Waals surface area contributed by atoms with Gasteiger partial charge in [0.15, 0.2) is 5.60 Å². The molecule has 0 bridgehead atoms. The Kier molecular flexibility index (Phi) is 8.27. The van der Waals surface area contributed by atoms with Crippen LogP contribution in [0.4, 0.5) is 32.0 Å². The van der Waals surface area contributed by atoms with Gasteiger partial charge in [0.1, 0.15) is 11.6 Å². The van der Waals surface area contributed by atoms with Crippen LogP contribution in [0.5, 0.6) is 5.75 Å². The van der Waals surface area contributed by atoms with Crippen molar-refractivity contribution in [1.29, 1.82) is 0 Å². The Morgan fingerprint density at radius 1 is 0.842 bits per heavy atom. The Labute approximate surface area is 217 Å². The van der Waals surface area contributed by atoms with E-state index in [4.69, 9.17) is 16.3 Å². The van der Waals surface area contributed by atoms with Crippen molar-refractivity contribution in [3.05, 3.63) is 95.1 Å². The van der Waals surface area contributed by atoms with Crippen molar-refractivity contribution in [2.75, 3.05) is 18.0 Å². The number of carbonyl (C=O) groups excluding carboxylic acids is 2. The first-order chi connectivity index (χ1) is 17.7. The second-order valence-corrected chi connectivity index (χ2v) is 8.14. The Bertz CT molecular complexity index is 1270. The van der Waals surface area contributed by atoms with Gasteiger partial charge >= 0.3 is 12.4 Å². The molecule has 0 heterocycles. The second-order valence-electron chi connectivity index (χ2n) is 7.87. The van der Waals surface area contributed by atoms with E-state index in [0.717, 1.165) is 24.3 Å². The van der Waals surface area contributed by atoms with Gasteiger partial charge in [-0.05, 0) is 47.5 Å². The molecule has 3 rings (SSSR count). The van der Waals surface area contributed by atoms with Crippen molar-refractivity contribution < 1.29 is 45.8 Å². The van der Waals surface area contributed by atoms with Crippen LogP contribution < -0.4 is 15.2 Å². The van der Waals surface area contributed by atoms with E-state index in [0.29, 0.717) is 29.3 Å². The molecule has 6 nitrogen and oxygen atoms in total. The fraction of sp³-hybridized carbons (Fsp3) is 0.200. The summed E-state index contributed by atoms with van der Waals surface area (Å²) in [5, 5.41) is 12.2. The van der Waals surface area contributed by atoms with Crippen molar-refractivity contribution in [3.63, 3.8) is 0 Å². The lowest BCUT2D eigenvalue weighted by molar-refractivity contribution is -0.141. The normalized spacial score (nSPS) is 12.1. The molecule has 0 fully saturated rings. The number of nitrogens with zero attached hydrogens (tertiary/aromatic N) is 1. The van der Waals surface area contributed by atoms with Crippen LogP contribution in [0.2, 0.25) is 0 Å². The van der Waals surface area contributed by atoms with Crippen LogP contribution in [0, 0.1) is 0 Å². The highest BCUT2D eigenvalue weighted by molar-refractivity contribution is 6.29. The van der Waals surface area contributed by atoms with Crippen LogP contribution >= 0.6 is 11.6 Å². The smallest absolute Gasteiger partial charge is 0.416 e. The number of halogens is 7. The minimum absolute atomic E-state index is 0.0150. The minimum Gasteiger partial charge on any atom is -0.497 e. The van der Waals surface area contributed by atoms with Crippen LogP contribution in [0.1, 0.15) is 22.3 Å². The summed E-state index contributed by atoms with van der Waals surface area (Å²) in [7, 11) is 1.32. The number of hydrazine groups is 1. The average Bonchev–Trinajstić information content (AvgIpc) is 2.89. The van der Waals surface area contributed by atoms with Crippen LogP contribution in [-0.4, -0.2) is 29.9 Å². The second kappa shape index (κ2) is 10.9. The lowest BCUT2D eigenvalue weighted by Crippen LogP contribution is -2.55. The van der Waals surface area contributed by atoms with Gasteiger partial charge in [0.25, 0.3) is 11.8 Å². The molecule has 0 aromatic heterocycles. The van der Waals surface area contributed by atoms with Gasteiger partial charge in [-0.2, -0.15) is 26.3 Å². The summed E-state index contributed by atoms with van der Waals surface area (Å²) in [5.41, 5.74) is -4.99. The van der Waals surface area contributed by atoms with Gasteiger partial charge in [-0.15, -0.1) is 11.6 Å². The van der Waals surface area contributed by atoms with Gasteiger partial charge in [0.2, 0.25) is 0 Å². The third-order valence-corrected chi connectivity index (χ3v) is 5.66. The Hall–Kier alpha value is -3.77. The molecule has 2 amide bonds. The van der Waals surface area contributed by atoms with Crippen LogP contribution in [0.3, 0.4) is 0 Å². The van der Waals surface area contributed by atoms with E-state index in [-0.39, 0.29) is 11.4 Å². The molecule has 202 valence electrons. The zero-order chi connectivity index (χ0) is 28.3. The highest BCUT2D eigenvalue weighted by Crippen LogP contribution is 2.38. The molecule has 0 saturated carbocycles. The molecule has 3 aromatic rings. The van der Waals surface area contributed by atoms with Crippen molar-refractivity contribution in [2.24, 2.45) is 0 Å². The summed E-state index contributed by atoms with van der Waals surface area (Å²) in [6.07, 6.45) is -9.80. The van der Waals surface area contributed by atoms with E-state index < -0.39 is 57.9 Å². The predicted molar refractivity (Wildman–Crippen MR) is 125 cm³/mol. The van der Waals surface area contributed by atoms with E-state index in [2.05, 4.69) is 5.43 Å². The molecule has 0 atom stereocenters. The van der Waals surface area contributed by atoms with Gasteiger partial charge in [-0.1, -0.05) is 30.3 Å². The molecule has 13 heteroatoms. The van der Waals surface area contributed by atoms with Crippen molar-refractivity contribution >= 4 is 29.1 Å². The van der Waals surface area contributed by atoms with Gasteiger partial charge in [-0.3, -0.25) is 15.0 Å². The number of ether oxygens (including phenoxy) is 1. The fourth-order valence-corrected chi connectivity index (χ4v) is 3.65. The average molecular weight is 561 g/mol. The lowest BCUT2D eigenvalue weighted by Gasteiger charge is -2.32. The number of rotatable bonds is 6. The lowest BCUT2D eigenvalue weighted by atomic mass is 9.84. The summed E-state index contributed by atoms with van der Waals surface area (Å²) in [6.45, 7) is 0. The zero-order valence-corrected chi connectivity index (χ0v) is 20.2. The molecule has 0 aliphatic rings. The van der Waals surface area contributed by atoms with Crippen LogP contribution in [0.25, 0.3) is 0 Å². The first-order valence-electron chi connectivity index (χ1n) is 10.6. The number of carbonyl (C=O) groups is 2. The van der Waals surface area contributed by atoms with E-state index in [9.17, 15) is 41.0 Å². The molecule has 0 unspecified atom stereocenters. The SMILES string of the molecule is COc1cccc(N(NC(=O)C(O)(c2cccc(C(F)(F)F)c2)c2cccc(C(F)(F)F)c2)C(=O)CCl)c1. The fourth-order valence-electron chi connectivity index (χ4n) is 3.53. The molecule has 0 aliphatic heterocycles. The number of amides is 2. The highest BCUT2D eigenvalue weighted by atomic mass is 35.5. The monoisotopic (exact) mass is 560 g/mol. The Morgan fingerprint density at radius 2 is 1.32 bits per heavy atom. The van der Waals surface area contributed by atoms with Gasteiger partial charge < -0.3 is 9.84 Å². The van der Waals surface area contributed by atoms with E-state index >= 15 is 0 Å². The maximum atomic E-state index is 13.6. The molecule has 0 aliphatic carbocycles. The third-order valence-electron chi connectivity index (χ3n) is 5.43. The topological polar surface area (TPSA) is 78.9 Å². The molecular formula is C25H19ClF6N2O4. The summed E-state index contributed by atoms with van der Waals surface area (Å²) in [6, 6.07) is 11.4. The molecule has 38 heavy (non-hydrogen) atoms. The summed E-state index contributed by atoms with van der Waals surface area (Å²) >= 11 is 5.66. The number of aliphatic hydroxyl groups is 1. The number of hydrogen-bond donors (Lipinski definition) is 2. The minimum atomic E-state index is -4.90. The number of alkyl halides is 7. The third kappa shape index (κ3) is 6.03. The zero-order valence-electron chi connectivity index (χ0n) is 19.4. The first kappa shape index (κ1) is 28.8. The number of methoxy groups -OCH3 is 1. The largest absolute Gasteiger partial charge is 0.497 e. The van der Waals surface area contributed by atoms with Gasteiger partial charge in [0, 0.05) is 6.07 Å². The summed E-state index contributed by atoms with van der Waals surface area (Å²) in [4.78, 5) is 26.1. The van der Waals surface area contributed by atoms with E-state index in [1.807, 2.05) is 0 Å². The molecule has 0 spiro atoms. The molecule has 2 N–H and O–H groups in total. The van der Waals surface area contributed by atoms with Crippen LogP contribution in [-0.2, 0) is 27.5 Å². The van der Waals surface area contributed by atoms with Crippen molar-refractivity contribution in [2.45, 2.75) is 18.0 Å². The molecule has 0 radical (unpaired) electrons. The standard InChI is InChI=1S/C25H19ClF6N2O4/c1-38-20-10-4-9-19(13-20)34(21(35)14-26)33-22(36)23(37,15-5-2-7-17(11-15)24(27,28)29)16-6-3-8-18(12-16)25(30,31)32/h2-13,37H,14H2,1H3,(H,33,36). The predicted octanol–water partition coefficient (Wildman–Crippen LogP) is 5.27. The van der Waals surface area contributed by atoms with Crippen molar-refractivity contribution in [3.8, 4) is 5.75 Å². The maximum Gasteiger partial charge on any atom is 0.416 e. The number of nitrogens with one attached hydrogen (secondary N) is 1. The Morgan fingerprint density at radius 3 is 1.76 bits per heavy atom. The number of hydrogen-bond acceptors (Lipinski definition) is 4. The first-order valence-corrected chi connectivity index (χ1v) is 11.2. The maximum absolute atomic E-state index is 13.6. The summed E-state index contributed by atoms with van der Waals surface area (Å²) in [5.74, 6) is -2.89. The number of anilines is 1. The van der Waals surface area contributed by atoms with Gasteiger partial charge in [0.05, 0.1) is 23.9 Å². The summed E-state index contributed by atoms with van der Waals surface area (Å²) < 4.78 is 85.6. The molecular weight excluding hydrogens is 542 g/mol.